The Bertz CT molecular complexity index is 1520. The third-order valence-electron chi connectivity index (χ3n) is 6.69. The fraction of sp³-hybridized carbons (Fsp3) is 0.375. The zero-order valence-corrected chi connectivity index (χ0v) is 27.3. The van der Waals surface area contributed by atoms with Crippen LogP contribution in [0.15, 0.2) is 71.6 Å². The highest BCUT2D eigenvalue weighted by molar-refractivity contribution is 7.92. The van der Waals surface area contributed by atoms with Gasteiger partial charge in [-0.3, -0.25) is 13.9 Å². The van der Waals surface area contributed by atoms with Crippen LogP contribution in [0.3, 0.4) is 0 Å². The van der Waals surface area contributed by atoms with Crippen LogP contribution in [0.1, 0.15) is 45.2 Å². The maximum absolute atomic E-state index is 14.2. The Morgan fingerprint density at radius 2 is 1.53 bits per heavy atom. The molecule has 43 heavy (non-hydrogen) atoms. The van der Waals surface area contributed by atoms with Crippen LogP contribution in [-0.4, -0.2) is 57.5 Å². The Balaban J connectivity index is 2.12. The molecular weight excluding hydrogens is 590 g/mol. The summed E-state index contributed by atoms with van der Waals surface area (Å²) >= 11 is 6.09. The Morgan fingerprint density at radius 3 is 2.07 bits per heavy atom. The molecule has 0 spiro atoms. The average molecular weight is 630 g/mol. The summed E-state index contributed by atoms with van der Waals surface area (Å²) < 4.78 is 40.0. The minimum atomic E-state index is -4.23. The van der Waals surface area contributed by atoms with Gasteiger partial charge in [0.05, 0.1) is 24.8 Å². The van der Waals surface area contributed by atoms with Gasteiger partial charge >= 0.3 is 0 Å². The van der Waals surface area contributed by atoms with E-state index in [1.165, 1.54) is 37.3 Å². The molecule has 3 aromatic carbocycles. The van der Waals surface area contributed by atoms with E-state index < -0.39 is 34.1 Å². The first-order valence-corrected chi connectivity index (χ1v) is 15.7. The minimum absolute atomic E-state index is 0.0162. The van der Waals surface area contributed by atoms with E-state index in [0.29, 0.717) is 22.9 Å². The van der Waals surface area contributed by atoms with Crippen molar-refractivity contribution in [1.82, 2.24) is 10.2 Å². The first-order chi connectivity index (χ1) is 20.2. The summed E-state index contributed by atoms with van der Waals surface area (Å²) in [5.41, 5.74) is 1.28. The lowest BCUT2D eigenvalue weighted by Gasteiger charge is -2.35. The summed E-state index contributed by atoms with van der Waals surface area (Å²) in [6.45, 7) is 8.73. The van der Waals surface area contributed by atoms with Crippen molar-refractivity contribution in [2.75, 3.05) is 25.1 Å². The van der Waals surface area contributed by atoms with Gasteiger partial charge in [0.1, 0.15) is 12.6 Å². The van der Waals surface area contributed by atoms with E-state index in [9.17, 15) is 18.0 Å². The maximum Gasteiger partial charge on any atom is 0.264 e. The van der Waals surface area contributed by atoms with Crippen LogP contribution in [0, 0.1) is 6.92 Å². The molecule has 0 aliphatic carbocycles. The molecule has 1 N–H and O–H groups in total. The van der Waals surface area contributed by atoms with Crippen molar-refractivity contribution < 1.29 is 27.5 Å². The van der Waals surface area contributed by atoms with Crippen LogP contribution < -0.4 is 19.1 Å². The summed E-state index contributed by atoms with van der Waals surface area (Å²) in [7, 11) is -1.31. The van der Waals surface area contributed by atoms with E-state index in [4.69, 9.17) is 21.1 Å². The van der Waals surface area contributed by atoms with Crippen molar-refractivity contribution in [3.05, 3.63) is 82.9 Å². The quantitative estimate of drug-likeness (QED) is 0.280. The number of hydrogen-bond donors (Lipinski definition) is 1. The number of methoxy groups -OCH3 is 2. The predicted octanol–water partition coefficient (Wildman–Crippen LogP) is 5.58. The first kappa shape index (κ1) is 33.7. The lowest BCUT2D eigenvalue weighted by molar-refractivity contribution is -0.141. The number of rotatable bonds is 12. The number of anilines is 1. The van der Waals surface area contributed by atoms with Crippen molar-refractivity contribution in [2.45, 2.75) is 64.1 Å². The van der Waals surface area contributed by atoms with E-state index in [1.807, 2.05) is 34.6 Å². The van der Waals surface area contributed by atoms with Gasteiger partial charge in [-0.2, -0.15) is 0 Å². The van der Waals surface area contributed by atoms with Crippen molar-refractivity contribution in [1.29, 1.82) is 0 Å². The van der Waals surface area contributed by atoms with Gasteiger partial charge in [0.2, 0.25) is 11.8 Å². The Morgan fingerprint density at radius 1 is 0.930 bits per heavy atom. The van der Waals surface area contributed by atoms with Crippen LogP contribution in [0.25, 0.3) is 0 Å². The molecule has 0 saturated carbocycles. The number of halogens is 1. The van der Waals surface area contributed by atoms with Gasteiger partial charge in [0, 0.05) is 23.2 Å². The summed E-state index contributed by atoms with van der Waals surface area (Å²) in [6, 6.07) is 17.1. The standard InChI is InChI=1S/C32H40ClN3O6S/c1-8-27(31(38)34-32(3,4)5)35(20-23-11-13-24(33)14-12-23)30(37)21-36(25-15-18-28(41-6)29(19-25)42-7)43(39,40)26-16-9-22(2)10-17-26/h9-19,27H,8,20-21H2,1-7H3,(H,34,38)/t27-/m1/s1. The molecular formula is C32H40ClN3O6S. The highest BCUT2D eigenvalue weighted by atomic mass is 35.5. The molecule has 3 rings (SSSR count). The van der Waals surface area contributed by atoms with Gasteiger partial charge in [-0.15, -0.1) is 0 Å². The summed E-state index contributed by atoms with van der Waals surface area (Å²) in [5, 5.41) is 3.49. The zero-order chi connectivity index (χ0) is 31.9. The molecule has 11 heteroatoms. The molecule has 0 bridgehead atoms. The topological polar surface area (TPSA) is 105 Å². The van der Waals surface area contributed by atoms with Crippen LogP contribution in [0.2, 0.25) is 5.02 Å². The van der Waals surface area contributed by atoms with E-state index in [0.717, 1.165) is 15.4 Å². The molecule has 0 fully saturated rings. The maximum atomic E-state index is 14.2. The van der Waals surface area contributed by atoms with Gasteiger partial charge in [-0.25, -0.2) is 8.42 Å². The second kappa shape index (κ2) is 14.1. The van der Waals surface area contributed by atoms with E-state index in [2.05, 4.69) is 5.32 Å². The molecule has 1 atom stereocenters. The highest BCUT2D eigenvalue weighted by Gasteiger charge is 2.35. The normalized spacial score (nSPS) is 12.3. The Hall–Kier alpha value is -3.76. The number of benzene rings is 3. The molecule has 0 aliphatic rings. The van der Waals surface area contributed by atoms with Gasteiger partial charge in [0.15, 0.2) is 11.5 Å². The number of aryl methyl sites for hydroxylation is 1. The fourth-order valence-electron chi connectivity index (χ4n) is 4.51. The SMILES string of the molecule is CC[C@H](C(=O)NC(C)(C)C)N(Cc1ccc(Cl)cc1)C(=O)CN(c1ccc(OC)c(OC)c1)S(=O)(=O)c1ccc(C)cc1. The largest absolute Gasteiger partial charge is 0.493 e. The van der Waals surface area contributed by atoms with Crippen molar-refractivity contribution in [3.63, 3.8) is 0 Å². The zero-order valence-electron chi connectivity index (χ0n) is 25.7. The predicted molar refractivity (Wildman–Crippen MR) is 169 cm³/mol. The number of sulfonamides is 1. The lowest BCUT2D eigenvalue weighted by Crippen LogP contribution is -2.55. The number of nitrogens with zero attached hydrogens (tertiary/aromatic N) is 2. The van der Waals surface area contributed by atoms with Crippen LogP contribution >= 0.6 is 11.6 Å². The molecule has 0 saturated heterocycles. The minimum Gasteiger partial charge on any atom is -0.493 e. The Kier molecular flexibility index (Phi) is 11.1. The summed E-state index contributed by atoms with van der Waals surface area (Å²) in [4.78, 5) is 29.1. The summed E-state index contributed by atoms with van der Waals surface area (Å²) in [5.74, 6) is -0.196. The van der Waals surface area contributed by atoms with Crippen molar-refractivity contribution in [2.24, 2.45) is 0 Å². The first-order valence-electron chi connectivity index (χ1n) is 13.9. The molecule has 2 amide bonds. The number of carbonyl (C=O) groups excluding carboxylic acids is 2. The van der Waals surface area contributed by atoms with Crippen LogP contribution in [0.5, 0.6) is 11.5 Å². The second-order valence-corrected chi connectivity index (χ2v) is 13.5. The average Bonchev–Trinajstić information content (AvgIpc) is 2.95. The molecule has 0 aromatic heterocycles. The van der Waals surface area contributed by atoms with Gasteiger partial charge in [0.25, 0.3) is 10.0 Å². The Labute approximate surface area is 259 Å². The van der Waals surface area contributed by atoms with E-state index in [-0.39, 0.29) is 23.0 Å². The van der Waals surface area contributed by atoms with E-state index >= 15 is 0 Å². The van der Waals surface area contributed by atoms with Gasteiger partial charge in [-0.05, 0) is 76.1 Å². The third-order valence-corrected chi connectivity index (χ3v) is 8.73. The van der Waals surface area contributed by atoms with Crippen LogP contribution in [-0.2, 0) is 26.2 Å². The molecule has 0 aliphatic heterocycles. The molecule has 0 heterocycles. The number of carbonyl (C=O) groups is 2. The number of nitrogens with one attached hydrogen (secondary N) is 1. The van der Waals surface area contributed by atoms with Crippen molar-refractivity contribution in [3.8, 4) is 11.5 Å². The fourth-order valence-corrected chi connectivity index (χ4v) is 6.04. The number of hydrogen-bond acceptors (Lipinski definition) is 6. The number of amides is 2. The second-order valence-electron chi connectivity index (χ2n) is 11.2. The molecule has 0 unspecified atom stereocenters. The number of ether oxygens (including phenoxy) is 2. The van der Waals surface area contributed by atoms with Crippen LogP contribution in [0.4, 0.5) is 5.69 Å². The monoisotopic (exact) mass is 629 g/mol. The van der Waals surface area contributed by atoms with E-state index in [1.54, 1.807) is 48.5 Å². The summed E-state index contributed by atoms with van der Waals surface area (Å²) in [6.07, 6.45) is 0.308. The molecule has 9 nitrogen and oxygen atoms in total. The molecule has 232 valence electrons. The third kappa shape index (κ3) is 8.64. The van der Waals surface area contributed by atoms with Crippen molar-refractivity contribution >= 4 is 39.1 Å². The molecule has 0 radical (unpaired) electrons. The smallest absolute Gasteiger partial charge is 0.264 e. The highest BCUT2D eigenvalue weighted by Crippen LogP contribution is 2.34. The van der Waals surface area contributed by atoms with Gasteiger partial charge in [-0.1, -0.05) is 48.4 Å². The van der Waals surface area contributed by atoms with Gasteiger partial charge < -0.3 is 19.7 Å². The molecule has 3 aromatic rings. The lowest BCUT2D eigenvalue weighted by atomic mass is 10.1.